The van der Waals surface area contributed by atoms with Crippen LogP contribution < -0.4 is 14.4 Å². The molecule has 8 heteroatoms. The quantitative estimate of drug-likeness (QED) is 0.498. The average molecular weight is 473 g/mol. The van der Waals surface area contributed by atoms with E-state index in [2.05, 4.69) is 5.32 Å². The largest absolute Gasteiger partial charge is 0.495 e. The fraction of sp³-hybridized carbons (Fsp3) is 0.208. The Kier molecular flexibility index (Phi) is 7.77. The van der Waals surface area contributed by atoms with Gasteiger partial charge in [0.15, 0.2) is 0 Å². The molecule has 1 N–H and O–H groups in total. The van der Waals surface area contributed by atoms with Crippen LogP contribution >= 0.6 is 11.6 Å². The molecular formula is C24H25ClN2O4S. The Morgan fingerprint density at radius 1 is 1.03 bits per heavy atom. The number of carbonyl (C=O) groups is 1. The lowest BCUT2D eigenvalue weighted by molar-refractivity contribution is -0.119. The molecule has 3 rings (SSSR count). The second-order valence-corrected chi connectivity index (χ2v) is 9.56. The van der Waals surface area contributed by atoms with Gasteiger partial charge in [-0.25, -0.2) is 8.42 Å². The highest BCUT2D eigenvalue weighted by Crippen LogP contribution is 2.34. The number of methoxy groups -OCH3 is 1. The number of amides is 1. The fourth-order valence-electron chi connectivity index (χ4n) is 3.23. The maximum Gasteiger partial charge on any atom is 0.264 e. The van der Waals surface area contributed by atoms with Crippen molar-refractivity contribution in [3.63, 3.8) is 0 Å². The van der Waals surface area contributed by atoms with Crippen LogP contribution in [-0.4, -0.2) is 34.5 Å². The van der Waals surface area contributed by atoms with E-state index in [1.54, 1.807) is 30.3 Å². The first-order valence-electron chi connectivity index (χ1n) is 10.1. The van der Waals surface area contributed by atoms with Crippen molar-refractivity contribution >= 4 is 33.2 Å². The molecule has 3 aromatic carbocycles. The molecular weight excluding hydrogens is 448 g/mol. The van der Waals surface area contributed by atoms with Gasteiger partial charge in [-0.1, -0.05) is 67.1 Å². The number of ether oxygens (including phenoxy) is 1. The number of halogens is 1. The Morgan fingerprint density at radius 3 is 2.28 bits per heavy atom. The summed E-state index contributed by atoms with van der Waals surface area (Å²) in [4.78, 5) is 12.9. The minimum Gasteiger partial charge on any atom is -0.495 e. The van der Waals surface area contributed by atoms with Gasteiger partial charge < -0.3 is 10.1 Å². The van der Waals surface area contributed by atoms with E-state index in [4.69, 9.17) is 16.3 Å². The zero-order chi connectivity index (χ0) is 23.1. The maximum atomic E-state index is 13.5. The monoisotopic (exact) mass is 472 g/mol. The number of hydrogen-bond donors (Lipinski definition) is 1. The van der Waals surface area contributed by atoms with E-state index < -0.39 is 22.5 Å². The molecule has 0 radical (unpaired) electrons. The summed E-state index contributed by atoms with van der Waals surface area (Å²) in [5.74, 6) is -0.0753. The highest BCUT2D eigenvalue weighted by atomic mass is 35.5. The van der Waals surface area contributed by atoms with Gasteiger partial charge in [0.1, 0.15) is 12.3 Å². The Morgan fingerprint density at radius 2 is 1.66 bits per heavy atom. The molecule has 0 heterocycles. The molecule has 0 saturated heterocycles. The molecule has 1 amide bonds. The standard InChI is InChI=1S/C24H25ClN2O4S/c1-18(19-9-5-3-6-10-19)16-26-24(28)17-27(22-15-20(25)13-14-23(22)31-2)32(29,30)21-11-7-4-8-12-21/h3-15,18H,16-17H2,1-2H3,(H,26,28)/t18-/m0/s1. The molecule has 0 bridgehead atoms. The molecule has 168 valence electrons. The number of sulfonamides is 1. The zero-order valence-electron chi connectivity index (χ0n) is 17.9. The Bertz CT molecular complexity index is 1160. The minimum atomic E-state index is -4.06. The lowest BCUT2D eigenvalue weighted by Gasteiger charge is -2.26. The first-order chi connectivity index (χ1) is 15.3. The molecule has 0 aromatic heterocycles. The predicted octanol–water partition coefficient (Wildman–Crippen LogP) is 4.46. The van der Waals surface area contributed by atoms with E-state index in [1.165, 1.54) is 25.3 Å². The molecule has 0 aliphatic heterocycles. The van der Waals surface area contributed by atoms with Crippen molar-refractivity contribution < 1.29 is 17.9 Å². The van der Waals surface area contributed by atoms with Crippen molar-refractivity contribution in [3.05, 3.63) is 89.4 Å². The molecule has 3 aromatic rings. The highest BCUT2D eigenvalue weighted by molar-refractivity contribution is 7.92. The van der Waals surface area contributed by atoms with Gasteiger partial charge in [-0.05, 0) is 41.8 Å². The van der Waals surface area contributed by atoms with Crippen LogP contribution in [0, 0.1) is 0 Å². The van der Waals surface area contributed by atoms with Gasteiger partial charge in [-0.2, -0.15) is 0 Å². The van der Waals surface area contributed by atoms with Crippen LogP contribution in [-0.2, 0) is 14.8 Å². The van der Waals surface area contributed by atoms with Gasteiger partial charge in [0, 0.05) is 11.6 Å². The van der Waals surface area contributed by atoms with Crippen LogP contribution in [0.2, 0.25) is 5.02 Å². The van der Waals surface area contributed by atoms with Crippen LogP contribution in [0.15, 0.2) is 83.8 Å². The Hall–Kier alpha value is -3.03. The molecule has 0 aliphatic rings. The average Bonchev–Trinajstić information content (AvgIpc) is 2.82. The van der Waals surface area contributed by atoms with E-state index in [-0.39, 0.29) is 16.5 Å². The van der Waals surface area contributed by atoms with Crippen LogP contribution in [0.25, 0.3) is 0 Å². The van der Waals surface area contributed by atoms with Crippen molar-refractivity contribution in [1.82, 2.24) is 5.32 Å². The third-order valence-electron chi connectivity index (χ3n) is 5.00. The smallest absolute Gasteiger partial charge is 0.264 e. The van der Waals surface area contributed by atoms with E-state index in [1.807, 2.05) is 37.3 Å². The number of nitrogens with zero attached hydrogens (tertiary/aromatic N) is 1. The van der Waals surface area contributed by atoms with E-state index in [0.717, 1.165) is 9.87 Å². The van der Waals surface area contributed by atoms with Gasteiger partial charge in [-0.15, -0.1) is 0 Å². The Balaban J connectivity index is 1.88. The molecule has 0 unspecified atom stereocenters. The molecule has 0 aliphatic carbocycles. The van der Waals surface area contributed by atoms with Gasteiger partial charge in [-0.3, -0.25) is 9.10 Å². The summed E-state index contributed by atoms with van der Waals surface area (Å²) in [5, 5.41) is 3.16. The summed E-state index contributed by atoms with van der Waals surface area (Å²) < 4.78 is 33.3. The summed E-state index contributed by atoms with van der Waals surface area (Å²) in [6.07, 6.45) is 0. The van der Waals surface area contributed by atoms with Crippen LogP contribution in [0.4, 0.5) is 5.69 Å². The maximum absolute atomic E-state index is 13.5. The number of rotatable bonds is 9. The number of anilines is 1. The first kappa shape index (κ1) is 23.6. The van der Waals surface area contributed by atoms with Crippen molar-refractivity contribution in [2.24, 2.45) is 0 Å². The highest BCUT2D eigenvalue weighted by Gasteiger charge is 2.29. The number of nitrogens with one attached hydrogen (secondary N) is 1. The third-order valence-corrected chi connectivity index (χ3v) is 7.01. The normalized spacial score (nSPS) is 12.1. The van der Waals surface area contributed by atoms with Crippen molar-refractivity contribution in [1.29, 1.82) is 0 Å². The van der Waals surface area contributed by atoms with E-state index in [0.29, 0.717) is 17.3 Å². The van der Waals surface area contributed by atoms with E-state index >= 15 is 0 Å². The Labute approximate surface area is 193 Å². The topological polar surface area (TPSA) is 75.7 Å². The molecule has 1 atom stereocenters. The lowest BCUT2D eigenvalue weighted by Crippen LogP contribution is -2.42. The molecule has 0 spiro atoms. The SMILES string of the molecule is COc1ccc(Cl)cc1N(CC(=O)NC[C@H](C)c1ccccc1)S(=O)(=O)c1ccccc1. The van der Waals surface area contributed by atoms with Crippen molar-refractivity contribution in [2.75, 3.05) is 24.5 Å². The van der Waals surface area contributed by atoms with Crippen LogP contribution in [0.1, 0.15) is 18.4 Å². The lowest BCUT2D eigenvalue weighted by atomic mass is 10.0. The third kappa shape index (κ3) is 5.60. The van der Waals surface area contributed by atoms with Gasteiger partial charge >= 0.3 is 0 Å². The summed E-state index contributed by atoms with van der Waals surface area (Å²) in [7, 11) is -2.62. The van der Waals surface area contributed by atoms with Crippen molar-refractivity contribution in [2.45, 2.75) is 17.7 Å². The summed E-state index contributed by atoms with van der Waals surface area (Å²) in [6.45, 7) is 1.94. The van der Waals surface area contributed by atoms with Gasteiger partial charge in [0.05, 0.1) is 17.7 Å². The number of hydrogen-bond acceptors (Lipinski definition) is 4. The van der Waals surface area contributed by atoms with Crippen LogP contribution in [0.3, 0.4) is 0 Å². The summed E-state index contributed by atoms with van der Waals surface area (Å²) in [5.41, 5.74) is 1.27. The predicted molar refractivity (Wildman–Crippen MR) is 127 cm³/mol. The van der Waals surface area contributed by atoms with Gasteiger partial charge in [0.25, 0.3) is 10.0 Å². The zero-order valence-corrected chi connectivity index (χ0v) is 19.4. The summed E-state index contributed by atoms with van der Waals surface area (Å²) in [6, 6.07) is 22.4. The number of carbonyl (C=O) groups excluding carboxylic acids is 1. The van der Waals surface area contributed by atoms with E-state index in [9.17, 15) is 13.2 Å². The molecule has 6 nitrogen and oxygen atoms in total. The first-order valence-corrected chi connectivity index (χ1v) is 11.9. The molecule has 0 saturated carbocycles. The second-order valence-electron chi connectivity index (χ2n) is 7.26. The molecule has 32 heavy (non-hydrogen) atoms. The summed E-state index contributed by atoms with van der Waals surface area (Å²) >= 11 is 6.14. The minimum absolute atomic E-state index is 0.0625. The van der Waals surface area contributed by atoms with Crippen molar-refractivity contribution in [3.8, 4) is 5.75 Å². The molecule has 0 fully saturated rings. The number of benzene rings is 3. The fourth-order valence-corrected chi connectivity index (χ4v) is 4.84. The second kappa shape index (κ2) is 10.5. The van der Waals surface area contributed by atoms with Crippen LogP contribution in [0.5, 0.6) is 5.75 Å². The van der Waals surface area contributed by atoms with Gasteiger partial charge in [0.2, 0.25) is 5.91 Å².